The summed E-state index contributed by atoms with van der Waals surface area (Å²) in [5.41, 5.74) is 0. The van der Waals surface area contributed by atoms with Gasteiger partial charge in [-0.15, -0.1) is 0 Å². The van der Waals surface area contributed by atoms with E-state index in [1.165, 1.54) is 7.11 Å². The van der Waals surface area contributed by atoms with Gasteiger partial charge in [-0.3, -0.25) is 4.79 Å². The highest BCUT2D eigenvalue weighted by molar-refractivity contribution is 5.90. The Morgan fingerprint density at radius 3 is 2.09 bits per heavy atom. The van der Waals surface area contributed by atoms with Crippen molar-refractivity contribution in [1.29, 1.82) is 0 Å². The molecule has 0 bridgehead atoms. The lowest BCUT2D eigenvalue weighted by Gasteiger charge is -2.31. The molecule has 0 aliphatic carbocycles. The second-order valence-electron chi connectivity index (χ2n) is 5.88. The molecule has 9 nitrogen and oxygen atoms in total. The molecule has 0 aromatic carbocycles. The second kappa shape index (κ2) is 13.4. The molecule has 1 saturated heterocycles. The Morgan fingerprint density at radius 1 is 1.06 bits per heavy atom. The molecule has 1 aliphatic heterocycles. The molecule has 0 spiro atoms. The quantitative estimate of drug-likeness (QED) is 0.135. The van der Waals surface area contributed by atoms with E-state index in [0.717, 1.165) is 19.1 Å². The van der Waals surface area contributed by atoms with Crippen molar-refractivity contribution in [2.24, 2.45) is 0 Å². The van der Waals surface area contributed by atoms with Crippen LogP contribution in [0.3, 0.4) is 0 Å². The molecule has 15 heteroatoms. The average molecular weight is 479 g/mol. The zero-order valence-electron chi connectivity index (χ0n) is 16.5. The zero-order valence-corrected chi connectivity index (χ0v) is 16.5. The van der Waals surface area contributed by atoms with Gasteiger partial charge in [0.25, 0.3) is 0 Å². The number of nitrogens with zero attached hydrogens (tertiary/aromatic N) is 1. The Kier molecular flexibility index (Phi) is 12.2. The summed E-state index contributed by atoms with van der Waals surface area (Å²) >= 11 is 0. The van der Waals surface area contributed by atoms with Crippen molar-refractivity contribution in [1.82, 2.24) is 4.90 Å². The molecular weight excluding hydrogens is 460 g/mol. The fourth-order valence-electron chi connectivity index (χ4n) is 2.05. The number of ether oxygens (including phenoxy) is 3. The first kappa shape index (κ1) is 29.0. The Morgan fingerprint density at radius 2 is 1.62 bits per heavy atom. The lowest BCUT2D eigenvalue weighted by atomic mass is 10.0. The van der Waals surface area contributed by atoms with Gasteiger partial charge in [-0.25, -0.2) is 14.4 Å². The molecule has 0 radical (unpaired) electrons. The summed E-state index contributed by atoms with van der Waals surface area (Å²) in [7, 11) is 1.29. The number of hydrogen-bond donors (Lipinski definition) is 0. The minimum atomic E-state index is -5.62. The molecule has 1 amide bonds. The predicted molar refractivity (Wildman–Crippen MR) is 90.6 cm³/mol. The van der Waals surface area contributed by atoms with E-state index in [0.29, 0.717) is 13.0 Å². The van der Waals surface area contributed by atoms with E-state index in [2.05, 4.69) is 9.47 Å². The molecular formula is C17H19F6NO8. The van der Waals surface area contributed by atoms with Gasteiger partial charge in [-0.1, -0.05) is 12.2 Å². The number of hydrogen-bond acceptors (Lipinski definition) is 8. The molecule has 0 saturated carbocycles. The summed E-state index contributed by atoms with van der Waals surface area (Å²) in [4.78, 5) is 54.1. The average Bonchev–Trinajstić information content (AvgIpc) is 2.70. The number of piperidine rings is 1. The summed E-state index contributed by atoms with van der Waals surface area (Å²) in [6.45, 7) is 0.563. The first-order valence-corrected chi connectivity index (χ1v) is 8.68. The van der Waals surface area contributed by atoms with Crippen molar-refractivity contribution in [2.45, 2.75) is 37.7 Å². The standard InChI is InChI=1S/C13H19NO5.C4F6O3/c1-18-13(17)10-19-8-3-2-7-14-11(9-15)5-4-6-12(14)16;5-3(6,7)1(11)13-2(12)4(8,9)10/h2-3,9,11H,4-8,10H2,1H3;/b3-2-;/t11-;/m1./s1. The molecule has 1 atom stereocenters. The number of esters is 3. The van der Waals surface area contributed by atoms with Crippen LogP contribution < -0.4 is 0 Å². The number of likely N-dealkylation sites (tertiary alicyclic amines) is 1. The van der Waals surface area contributed by atoms with E-state index in [1.54, 1.807) is 17.1 Å². The fourth-order valence-corrected chi connectivity index (χ4v) is 2.05. The zero-order chi connectivity index (χ0) is 24.9. The Hall–Kier alpha value is -2.97. The largest absolute Gasteiger partial charge is 0.491 e. The van der Waals surface area contributed by atoms with Gasteiger partial charge in [0.15, 0.2) is 0 Å². The maximum Gasteiger partial charge on any atom is 0.491 e. The van der Waals surface area contributed by atoms with Crippen LogP contribution in [0.1, 0.15) is 19.3 Å². The lowest BCUT2D eigenvalue weighted by molar-refractivity contribution is -0.221. The van der Waals surface area contributed by atoms with E-state index in [-0.39, 0.29) is 25.2 Å². The minimum absolute atomic E-state index is 0.00322. The summed E-state index contributed by atoms with van der Waals surface area (Å²) in [5.74, 6) is -6.83. The van der Waals surface area contributed by atoms with Crippen LogP contribution in [0, 0.1) is 0 Å². The molecule has 1 fully saturated rings. The van der Waals surface area contributed by atoms with Crippen LogP contribution in [0.15, 0.2) is 12.2 Å². The van der Waals surface area contributed by atoms with Crippen molar-refractivity contribution in [2.75, 3.05) is 26.9 Å². The number of methoxy groups -OCH3 is 1. The second-order valence-corrected chi connectivity index (χ2v) is 5.88. The molecule has 0 unspecified atom stereocenters. The Labute approximate surface area is 177 Å². The lowest BCUT2D eigenvalue weighted by Crippen LogP contribution is -2.44. The van der Waals surface area contributed by atoms with Crippen LogP contribution in [0.4, 0.5) is 26.3 Å². The maximum absolute atomic E-state index is 11.7. The Bertz CT molecular complexity index is 680. The predicted octanol–water partition coefficient (Wildman–Crippen LogP) is 1.49. The normalized spacial score (nSPS) is 16.8. The molecule has 0 aromatic heterocycles. The number of alkyl halides is 6. The highest BCUT2D eigenvalue weighted by Crippen LogP contribution is 2.21. The molecule has 1 aliphatic rings. The van der Waals surface area contributed by atoms with Crippen molar-refractivity contribution in [3.8, 4) is 0 Å². The van der Waals surface area contributed by atoms with Crippen LogP contribution >= 0.6 is 0 Å². The van der Waals surface area contributed by atoms with Gasteiger partial charge >= 0.3 is 30.3 Å². The molecule has 0 N–H and O–H groups in total. The van der Waals surface area contributed by atoms with Crippen LogP contribution in [-0.2, 0) is 38.2 Å². The van der Waals surface area contributed by atoms with Crippen molar-refractivity contribution in [3.63, 3.8) is 0 Å². The molecule has 1 heterocycles. The van der Waals surface area contributed by atoms with Crippen molar-refractivity contribution in [3.05, 3.63) is 12.2 Å². The molecule has 32 heavy (non-hydrogen) atoms. The third-order valence-electron chi connectivity index (χ3n) is 3.55. The maximum atomic E-state index is 11.7. The summed E-state index contributed by atoms with van der Waals surface area (Å²) in [6.07, 6.45) is -4.96. The molecule has 1 rings (SSSR count). The smallest absolute Gasteiger partial charge is 0.467 e. The Balaban J connectivity index is 0.000000649. The van der Waals surface area contributed by atoms with Crippen molar-refractivity contribution >= 4 is 30.1 Å². The number of halogens is 6. The van der Waals surface area contributed by atoms with Crippen LogP contribution in [0.2, 0.25) is 0 Å². The minimum Gasteiger partial charge on any atom is -0.467 e. The number of rotatable bonds is 7. The third-order valence-corrected chi connectivity index (χ3v) is 3.55. The van der Waals surface area contributed by atoms with Crippen LogP contribution in [0.25, 0.3) is 0 Å². The summed E-state index contributed by atoms with van der Waals surface area (Å²) in [6, 6.07) is -0.318. The van der Waals surface area contributed by atoms with E-state index in [1.807, 2.05) is 0 Å². The summed E-state index contributed by atoms with van der Waals surface area (Å²) in [5, 5.41) is 0. The SMILES string of the molecule is COC(=O)COC/C=C\CN1C(=O)CCC[C@@H]1C=O.O=C(OC(=O)C(F)(F)F)C(F)(F)F. The van der Waals surface area contributed by atoms with Crippen LogP contribution in [-0.4, -0.2) is 80.3 Å². The highest BCUT2D eigenvalue weighted by Gasteiger charge is 2.49. The van der Waals surface area contributed by atoms with E-state index >= 15 is 0 Å². The number of amides is 1. The van der Waals surface area contributed by atoms with Gasteiger partial charge in [0.1, 0.15) is 12.9 Å². The first-order valence-electron chi connectivity index (χ1n) is 8.68. The van der Waals surface area contributed by atoms with Gasteiger partial charge in [-0.2, -0.15) is 26.3 Å². The van der Waals surface area contributed by atoms with Gasteiger partial charge in [0.2, 0.25) is 5.91 Å². The van der Waals surface area contributed by atoms with E-state index in [9.17, 15) is 50.3 Å². The van der Waals surface area contributed by atoms with Crippen molar-refractivity contribution < 1.29 is 64.5 Å². The molecule has 0 aromatic rings. The number of carbonyl (C=O) groups excluding carboxylic acids is 5. The third kappa shape index (κ3) is 11.4. The van der Waals surface area contributed by atoms with Gasteiger partial charge in [0.05, 0.1) is 19.8 Å². The first-order chi connectivity index (χ1) is 14.7. The molecule has 182 valence electrons. The fraction of sp³-hybridized carbons (Fsp3) is 0.588. The van der Waals surface area contributed by atoms with Crippen LogP contribution in [0.5, 0.6) is 0 Å². The monoisotopic (exact) mass is 479 g/mol. The van der Waals surface area contributed by atoms with Gasteiger partial charge < -0.3 is 23.9 Å². The highest BCUT2D eigenvalue weighted by atomic mass is 19.4. The topological polar surface area (TPSA) is 116 Å². The van der Waals surface area contributed by atoms with E-state index in [4.69, 9.17) is 4.74 Å². The summed E-state index contributed by atoms with van der Waals surface area (Å²) < 4.78 is 79.1. The number of aldehydes is 1. The number of carbonyl (C=O) groups is 5. The van der Waals surface area contributed by atoms with Gasteiger partial charge in [0, 0.05) is 13.0 Å². The van der Waals surface area contributed by atoms with Gasteiger partial charge in [-0.05, 0) is 12.8 Å². The van der Waals surface area contributed by atoms with E-state index < -0.39 is 30.3 Å².